The molecule has 1 N–H and O–H groups in total. The first kappa shape index (κ1) is 19.4. The van der Waals surface area contributed by atoms with E-state index < -0.39 is 17.7 Å². The number of benzene rings is 2. The molecule has 3 nitrogen and oxygen atoms in total. The van der Waals surface area contributed by atoms with E-state index >= 15 is 0 Å². The number of rotatable bonds is 6. The molecule has 1 amide bonds. The highest BCUT2D eigenvalue weighted by Gasteiger charge is 2.47. The lowest BCUT2D eigenvalue weighted by molar-refractivity contribution is -0.138. The zero-order valence-electron chi connectivity index (χ0n) is 15.3. The van der Waals surface area contributed by atoms with Gasteiger partial charge in [0.1, 0.15) is 0 Å². The highest BCUT2D eigenvalue weighted by molar-refractivity contribution is 5.83. The van der Waals surface area contributed by atoms with E-state index in [9.17, 15) is 18.0 Å². The lowest BCUT2D eigenvalue weighted by atomic mass is 10.0. The zero-order chi connectivity index (χ0) is 19.6. The Balaban J connectivity index is 1.64. The number of alkyl halides is 3. The van der Waals surface area contributed by atoms with E-state index in [-0.39, 0.29) is 23.4 Å². The van der Waals surface area contributed by atoms with E-state index in [2.05, 4.69) is 5.32 Å². The minimum atomic E-state index is -4.40. The molecule has 2 aromatic carbocycles. The Bertz CT molecular complexity index is 790. The average Bonchev–Trinajstić information content (AvgIpc) is 3.42. The maximum Gasteiger partial charge on any atom is 0.416 e. The standard InChI is InChI=1S/C21H23F3N2O/c1-26(2)19(14-8-4-3-5-9-14)13-25-20(27)17-12-16(17)15-10-6-7-11-18(15)21(22,23)24/h3-11,16-17,19H,12-13H2,1-2H3,(H,25,27). The lowest BCUT2D eigenvalue weighted by Crippen LogP contribution is -2.35. The number of halogens is 3. The molecule has 1 fully saturated rings. The maximum absolute atomic E-state index is 13.2. The second-order valence-electron chi connectivity index (χ2n) is 7.17. The van der Waals surface area contributed by atoms with Crippen LogP contribution in [0, 0.1) is 5.92 Å². The molecule has 1 saturated carbocycles. The van der Waals surface area contributed by atoms with Crippen LogP contribution in [0.1, 0.15) is 35.1 Å². The van der Waals surface area contributed by atoms with E-state index in [4.69, 9.17) is 0 Å². The van der Waals surface area contributed by atoms with Gasteiger partial charge in [-0.25, -0.2) is 0 Å². The topological polar surface area (TPSA) is 32.3 Å². The summed E-state index contributed by atoms with van der Waals surface area (Å²) in [5.41, 5.74) is 0.663. The molecule has 0 aromatic heterocycles. The van der Waals surface area contributed by atoms with Crippen LogP contribution in [0.3, 0.4) is 0 Å². The van der Waals surface area contributed by atoms with Crippen LogP contribution in [0.5, 0.6) is 0 Å². The number of hydrogen-bond donors (Lipinski definition) is 1. The number of likely N-dealkylation sites (N-methyl/N-ethyl adjacent to an activating group) is 1. The molecule has 3 atom stereocenters. The van der Waals surface area contributed by atoms with Gasteiger partial charge in [-0.1, -0.05) is 48.5 Å². The first-order valence-corrected chi connectivity index (χ1v) is 8.94. The van der Waals surface area contributed by atoms with Crippen molar-refractivity contribution in [2.45, 2.75) is 24.6 Å². The molecule has 0 heterocycles. The molecule has 0 saturated heterocycles. The monoisotopic (exact) mass is 376 g/mol. The Morgan fingerprint density at radius 1 is 1.11 bits per heavy atom. The van der Waals surface area contributed by atoms with Crippen molar-refractivity contribution in [3.63, 3.8) is 0 Å². The SMILES string of the molecule is CN(C)C(CNC(=O)C1CC1c1ccccc1C(F)(F)F)c1ccccc1. The van der Waals surface area contributed by atoms with Crippen LogP contribution in [-0.4, -0.2) is 31.4 Å². The molecule has 0 bridgehead atoms. The smallest absolute Gasteiger partial charge is 0.354 e. The highest BCUT2D eigenvalue weighted by atomic mass is 19.4. The van der Waals surface area contributed by atoms with Crippen molar-refractivity contribution in [3.05, 3.63) is 71.3 Å². The van der Waals surface area contributed by atoms with Gasteiger partial charge in [0.05, 0.1) is 11.6 Å². The minimum absolute atomic E-state index is 0.00908. The molecule has 3 unspecified atom stereocenters. The summed E-state index contributed by atoms with van der Waals surface area (Å²) in [5, 5.41) is 2.92. The van der Waals surface area contributed by atoms with Crippen molar-refractivity contribution >= 4 is 5.91 Å². The molecular formula is C21H23F3N2O. The van der Waals surface area contributed by atoms with E-state index in [1.54, 1.807) is 6.07 Å². The molecular weight excluding hydrogens is 353 g/mol. The first-order valence-electron chi connectivity index (χ1n) is 8.94. The van der Waals surface area contributed by atoms with Crippen LogP contribution in [0.4, 0.5) is 13.2 Å². The number of carbonyl (C=O) groups is 1. The second kappa shape index (κ2) is 7.72. The summed E-state index contributed by atoms with van der Waals surface area (Å²) in [6, 6.07) is 15.4. The Morgan fingerprint density at radius 3 is 2.37 bits per heavy atom. The Labute approximate surface area is 157 Å². The van der Waals surface area contributed by atoms with Gasteiger partial charge < -0.3 is 10.2 Å². The van der Waals surface area contributed by atoms with Crippen molar-refractivity contribution in [1.82, 2.24) is 10.2 Å². The van der Waals surface area contributed by atoms with Crippen LogP contribution in [0.25, 0.3) is 0 Å². The highest BCUT2D eigenvalue weighted by Crippen LogP contribution is 2.51. The summed E-state index contributed by atoms with van der Waals surface area (Å²) >= 11 is 0. The van der Waals surface area contributed by atoms with E-state index in [1.165, 1.54) is 12.1 Å². The van der Waals surface area contributed by atoms with Crippen molar-refractivity contribution < 1.29 is 18.0 Å². The summed E-state index contributed by atoms with van der Waals surface area (Å²) in [6.07, 6.45) is -3.94. The third-order valence-corrected chi connectivity index (χ3v) is 5.07. The molecule has 0 spiro atoms. The summed E-state index contributed by atoms with van der Waals surface area (Å²) in [6.45, 7) is 0.417. The van der Waals surface area contributed by atoms with Gasteiger partial charge in [0.25, 0.3) is 0 Å². The quantitative estimate of drug-likeness (QED) is 0.818. The van der Waals surface area contributed by atoms with Crippen LogP contribution in [0.15, 0.2) is 54.6 Å². The van der Waals surface area contributed by atoms with Crippen molar-refractivity contribution in [3.8, 4) is 0 Å². The molecule has 0 radical (unpaired) electrons. The van der Waals surface area contributed by atoms with Gasteiger partial charge in [0, 0.05) is 12.5 Å². The van der Waals surface area contributed by atoms with Crippen LogP contribution >= 0.6 is 0 Å². The second-order valence-corrected chi connectivity index (χ2v) is 7.17. The van der Waals surface area contributed by atoms with Crippen LogP contribution in [-0.2, 0) is 11.0 Å². The van der Waals surface area contributed by atoms with Gasteiger partial charge >= 0.3 is 6.18 Å². The lowest BCUT2D eigenvalue weighted by Gasteiger charge is -2.25. The fourth-order valence-electron chi connectivity index (χ4n) is 3.51. The van der Waals surface area contributed by atoms with Crippen molar-refractivity contribution in [2.75, 3.05) is 20.6 Å². The number of hydrogen-bond acceptors (Lipinski definition) is 2. The van der Waals surface area contributed by atoms with Crippen LogP contribution in [0.2, 0.25) is 0 Å². The predicted octanol–water partition coefficient (Wildman–Crippen LogP) is 4.23. The van der Waals surface area contributed by atoms with Gasteiger partial charge in [-0.2, -0.15) is 13.2 Å². The van der Waals surface area contributed by atoms with Gasteiger partial charge in [0.2, 0.25) is 5.91 Å². The fourth-order valence-corrected chi connectivity index (χ4v) is 3.51. The number of nitrogens with one attached hydrogen (secondary N) is 1. The summed E-state index contributed by atoms with van der Waals surface area (Å²) in [7, 11) is 3.87. The van der Waals surface area contributed by atoms with Gasteiger partial charge in [-0.05, 0) is 43.6 Å². The van der Waals surface area contributed by atoms with Gasteiger partial charge in [0.15, 0.2) is 0 Å². The normalized spacial score (nSPS) is 20.4. The predicted molar refractivity (Wildman–Crippen MR) is 98.2 cm³/mol. The van der Waals surface area contributed by atoms with E-state index in [0.29, 0.717) is 13.0 Å². The summed E-state index contributed by atoms with van der Waals surface area (Å²) in [5.74, 6) is -0.941. The van der Waals surface area contributed by atoms with E-state index in [0.717, 1.165) is 11.6 Å². The summed E-state index contributed by atoms with van der Waals surface area (Å²) < 4.78 is 39.6. The van der Waals surface area contributed by atoms with Crippen molar-refractivity contribution in [1.29, 1.82) is 0 Å². The first-order chi connectivity index (χ1) is 12.8. The molecule has 27 heavy (non-hydrogen) atoms. The minimum Gasteiger partial charge on any atom is -0.354 e. The molecule has 1 aliphatic carbocycles. The van der Waals surface area contributed by atoms with E-state index in [1.807, 2.05) is 49.3 Å². The third kappa shape index (κ3) is 4.50. The van der Waals surface area contributed by atoms with Crippen LogP contribution < -0.4 is 5.32 Å². The number of nitrogens with zero attached hydrogens (tertiary/aromatic N) is 1. The van der Waals surface area contributed by atoms with Gasteiger partial charge in [-0.3, -0.25) is 4.79 Å². The summed E-state index contributed by atoms with van der Waals surface area (Å²) in [4.78, 5) is 14.5. The molecule has 144 valence electrons. The third-order valence-electron chi connectivity index (χ3n) is 5.07. The molecule has 2 aromatic rings. The maximum atomic E-state index is 13.2. The largest absolute Gasteiger partial charge is 0.416 e. The average molecular weight is 376 g/mol. The van der Waals surface area contributed by atoms with Gasteiger partial charge in [-0.15, -0.1) is 0 Å². The Kier molecular flexibility index (Phi) is 5.56. The zero-order valence-corrected chi connectivity index (χ0v) is 15.3. The molecule has 6 heteroatoms. The van der Waals surface area contributed by atoms with Crippen molar-refractivity contribution in [2.24, 2.45) is 5.92 Å². The fraction of sp³-hybridized carbons (Fsp3) is 0.381. The molecule has 1 aliphatic rings. The Hall–Kier alpha value is -2.34. The molecule has 3 rings (SSSR count). The Morgan fingerprint density at radius 2 is 1.74 bits per heavy atom. The number of amides is 1. The number of carbonyl (C=O) groups excluding carboxylic acids is 1. The molecule has 0 aliphatic heterocycles.